The number of ether oxygens (including phenoxy) is 1. The summed E-state index contributed by atoms with van der Waals surface area (Å²) in [6.45, 7) is 11.3. The molecule has 3 heteroatoms. The van der Waals surface area contributed by atoms with Gasteiger partial charge in [-0.05, 0) is 50.2 Å². The van der Waals surface area contributed by atoms with Gasteiger partial charge in [0, 0.05) is 6.04 Å². The lowest BCUT2D eigenvalue weighted by atomic mass is 9.96. The Morgan fingerprint density at radius 3 is 2.45 bits per heavy atom. The Hall–Kier alpha value is -1.06. The summed E-state index contributed by atoms with van der Waals surface area (Å²) in [5.41, 5.74) is 9.59. The van der Waals surface area contributed by atoms with E-state index < -0.39 is 6.10 Å². The molecule has 1 aromatic carbocycles. The third-order valence-electron chi connectivity index (χ3n) is 3.88. The van der Waals surface area contributed by atoms with E-state index in [0.29, 0.717) is 12.3 Å². The van der Waals surface area contributed by atoms with Crippen molar-refractivity contribution in [3.8, 4) is 5.75 Å². The van der Waals surface area contributed by atoms with Crippen molar-refractivity contribution in [3.05, 3.63) is 28.8 Å². The maximum Gasteiger partial charge on any atom is 0.125 e. The van der Waals surface area contributed by atoms with Gasteiger partial charge >= 0.3 is 0 Å². The lowest BCUT2D eigenvalue weighted by molar-refractivity contribution is 0.130. The fraction of sp³-hybridized carbons (Fsp3) is 0.684. The second kappa shape index (κ2) is 9.16. The smallest absolute Gasteiger partial charge is 0.125 e. The summed E-state index contributed by atoms with van der Waals surface area (Å²) in [4.78, 5) is 0. The predicted octanol–water partition coefficient (Wildman–Crippen LogP) is 3.76. The van der Waals surface area contributed by atoms with Crippen molar-refractivity contribution < 1.29 is 9.84 Å². The molecule has 0 aromatic heterocycles. The Labute approximate surface area is 135 Å². The third kappa shape index (κ3) is 5.98. The molecule has 126 valence electrons. The highest BCUT2D eigenvalue weighted by Crippen LogP contribution is 2.27. The second-order valence-corrected chi connectivity index (χ2v) is 6.83. The SMILES string of the molecule is CCCC(N)C(O)CCc1cc(C)cc(C)c1OCC(C)C. The molecule has 2 atom stereocenters. The van der Waals surface area contributed by atoms with E-state index in [-0.39, 0.29) is 6.04 Å². The van der Waals surface area contributed by atoms with Gasteiger partial charge < -0.3 is 15.6 Å². The van der Waals surface area contributed by atoms with Crippen molar-refractivity contribution >= 4 is 0 Å². The summed E-state index contributed by atoms with van der Waals surface area (Å²) in [5.74, 6) is 1.48. The van der Waals surface area contributed by atoms with E-state index in [1.54, 1.807) is 0 Å². The van der Waals surface area contributed by atoms with Crippen molar-refractivity contribution in [1.29, 1.82) is 0 Å². The van der Waals surface area contributed by atoms with Crippen molar-refractivity contribution in [1.82, 2.24) is 0 Å². The van der Waals surface area contributed by atoms with E-state index in [1.165, 1.54) is 16.7 Å². The molecule has 0 saturated carbocycles. The Morgan fingerprint density at radius 1 is 1.18 bits per heavy atom. The lowest BCUT2D eigenvalue weighted by Gasteiger charge is -2.20. The van der Waals surface area contributed by atoms with Crippen LogP contribution in [0.4, 0.5) is 0 Å². The molecule has 0 bridgehead atoms. The van der Waals surface area contributed by atoms with Crippen LogP contribution >= 0.6 is 0 Å². The zero-order valence-electron chi connectivity index (χ0n) is 14.9. The first kappa shape index (κ1) is 19.0. The summed E-state index contributed by atoms with van der Waals surface area (Å²) in [5, 5.41) is 10.2. The Kier molecular flexibility index (Phi) is 7.91. The maximum absolute atomic E-state index is 10.2. The monoisotopic (exact) mass is 307 g/mol. The van der Waals surface area contributed by atoms with Crippen LogP contribution < -0.4 is 10.5 Å². The van der Waals surface area contributed by atoms with Gasteiger partial charge in [0.05, 0.1) is 12.7 Å². The highest BCUT2D eigenvalue weighted by atomic mass is 16.5. The van der Waals surface area contributed by atoms with Gasteiger partial charge in [-0.2, -0.15) is 0 Å². The van der Waals surface area contributed by atoms with Crippen molar-refractivity contribution in [3.63, 3.8) is 0 Å². The average molecular weight is 307 g/mol. The van der Waals surface area contributed by atoms with Gasteiger partial charge in [-0.1, -0.05) is 44.9 Å². The molecular formula is C19H33NO2. The number of aryl methyl sites for hydroxylation is 3. The van der Waals surface area contributed by atoms with Crippen LogP contribution in [0.5, 0.6) is 5.75 Å². The van der Waals surface area contributed by atoms with Crippen LogP contribution in [0.1, 0.15) is 56.7 Å². The van der Waals surface area contributed by atoms with Crippen LogP contribution in [-0.4, -0.2) is 23.9 Å². The highest BCUT2D eigenvalue weighted by Gasteiger charge is 2.16. The molecule has 0 radical (unpaired) electrons. The van der Waals surface area contributed by atoms with E-state index >= 15 is 0 Å². The van der Waals surface area contributed by atoms with Gasteiger partial charge in [-0.15, -0.1) is 0 Å². The molecule has 0 amide bonds. The summed E-state index contributed by atoms with van der Waals surface area (Å²) < 4.78 is 6.01. The highest BCUT2D eigenvalue weighted by molar-refractivity contribution is 5.44. The van der Waals surface area contributed by atoms with Crippen LogP contribution in [0, 0.1) is 19.8 Å². The number of rotatable bonds is 9. The van der Waals surface area contributed by atoms with Gasteiger partial charge in [-0.3, -0.25) is 0 Å². The largest absolute Gasteiger partial charge is 0.493 e. The minimum Gasteiger partial charge on any atom is -0.493 e. The molecule has 1 aromatic rings. The fourth-order valence-electron chi connectivity index (χ4n) is 2.73. The quantitative estimate of drug-likeness (QED) is 0.730. The first-order valence-electron chi connectivity index (χ1n) is 8.51. The minimum absolute atomic E-state index is 0.129. The van der Waals surface area contributed by atoms with E-state index in [2.05, 4.69) is 46.8 Å². The summed E-state index contributed by atoms with van der Waals surface area (Å²) >= 11 is 0. The first-order valence-corrected chi connectivity index (χ1v) is 8.51. The molecule has 3 nitrogen and oxygen atoms in total. The van der Waals surface area contributed by atoms with Crippen molar-refractivity contribution in [2.24, 2.45) is 11.7 Å². The molecule has 0 spiro atoms. The topological polar surface area (TPSA) is 55.5 Å². The van der Waals surface area contributed by atoms with Crippen molar-refractivity contribution in [2.75, 3.05) is 6.61 Å². The Bertz CT molecular complexity index is 457. The molecule has 0 saturated heterocycles. The number of aliphatic hydroxyl groups is 1. The zero-order chi connectivity index (χ0) is 16.7. The molecule has 0 fully saturated rings. The van der Waals surface area contributed by atoms with E-state index in [1.807, 2.05) is 0 Å². The fourth-order valence-corrected chi connectivity index (χ4v) is 2.73. The predicted molar refractivity (Wildman–Crippen MR) is 93.5 cm³/mol. The summed E-state index contributed by atoms with van der Waals surface area (Å²) in [7, 11) is 0. The summed E-state index contributed by atoms with van der Waals surface area (Å²) in [6, 6.07) is 4.19. The van der Waals surface area contributed by atoms with Crippen LogP contribution in [-0.2, 0) is 6.42 Å². The van der Waals surface area contributed by atoms with Gasteiger partial charge in [0.1, 0.15) is 5.75 Å². The van der Waals surface area contributed by atoms with Crippen LogP contribution in [0.15, 0.2) is 12.1 Å². The van der Waals surface area contributed by atoms with E-state index in [0.717, 1.165) is 31.6 Å². The lowest BCUT2D eigenvalue weighted by Crippen LogP contribution is -2.34. The number of nitrogens with two attached hydrogens (primary N) is 1. The average Bonchev–Trinajstić information content (AvgIpc) is 2.43. The van der Waals surface area contributed by atoms with Gasteiger partial charge in [0.2, 0.25) is 0 Å². The van der Waals surface area contributed by atoms with Crippen molar-refractivity contribution in [2.45, 2.75) is 72.4 Å². The number of aliphatic hydroxyl groups excluding tert-OH is 1. The maximum atomic E-state index is 10.2. The van der Waals surface area contributed by atoms with E-state index in [4.69, 9.17) is 10.5 Å². The molecular weight excluding hydrogens is 274 g/mol. The normalized spacial score (nSPS) is 14.2. The molecule has 0 aliphatic carbocycles. The molecule has 0 heterocycles. The van der Waals surface area contributed by atoms with Gasteiger partial charge in [0.25, 0.3) is 0 Å². The molecule has 1 rings (SSSR count). The number of benzene rings is 1. The van der Waals surface area contributed by atoms with E-state index in [9.17, 15) is 5.11 Å². The molecule has 3 N–H and O–H groups in total. The molecule has 2 unspecified atom stereocenters. The molecule has 22 heavy (non-hydrogen) atoms. The standard InChI is InChI=1S/C19H33NO2/c1-6-7-17(20)18(21)9-8-16-11-14(4)10-15(5)19(16)22-12-13(2)3/h10-11,13,17-18,21H,6-9,12,20H2,1-5H3. The first-order chi connectivity index (χ1) is 10.3. The van der Waals surface area contributed by atoms with Crippen LogP contribution in [0.25, 0.3) is 0 Å². The third-order valence-corrected chi connectivity index (χ3v) is 3.88. The van der Waals surface area contributed by atoms with Gasteiger partial charge in [0.15, 0.2) is 0 Å². The minimum atomic E-state index is -0.446. The number of hydrogen-bond donors (Lipinski definition) is 2. The summed E-state index contributed by atoms with van der Waals surface area (Å²) in [6.07, 6.45) is 2.91. The zero-order valence-corrected chi connectivity index (χ0v) is 14.9. The molecule has 0 aliphatic rings. The van der Waals surface area contributed by atoms with Crippen LogP contribution in [0.3, 0.4) is 0 Å². The molecule has 0 aliphatic heterocycles. The Morgan fingerprint density at radius 2 is 1.86 bits per heavy atom. The van der Waals surface area contributed by atoms with Gasteiger partial charge in [-0.25, -0.2) is 0 Å². The second-order valence-electron chi connectivity index (χ2n) is 6.83. The number of hydrogen-bond acceptors (Lipinski definition) is 3. The van der Waals surface area contributed by atoms with Crippen LogP contribution in [0.2, 0.25) is 0 Å². The Balaban J connectivity index is 2.79.